The van der Waals surface area contributed by atoms with E-state index in [0.29, 0.717) is 25.7 Å². The van der Waals surface area contributed by atoms with Gasteiger partial charge in [0.05, 0.1) is 26.4 Å². The third-order valence-corrected chi connectivity index (χ3v) is 22.2. The van der Waals surface area contributed by atoms with Crippen LogP contribution < -0.4 is 0 Å². The molecule has 0 aliphatic rings. The number of ether oxygens (including phenoxy) is 4. The molecule has 0 spiro atoms. The van der Waals surface area contributed by atoms with Crippen molar-refractivity contribution in [2.24, 2.45) is 5.92 Å². The van der Waals surface area contributed by atoms with E-state index in [2.05, 4.69) is 34.6 Å². The summed E-state index contributed by atoms with van der Waals surface area (Å²) < 4.78 is 68.9. The number of phosphoric acid groups is 2. The van der Waals surface area contributed by atoms with Crippen molar-refractivity contribution in [3.8, 4) is 0 Å². The molecule has 0 aromatic rings. The van der Waals surface area contributed by atoms with Gasteiger partial charge in [0, 0.05) is 25.7 Å². The second-order valence-electron chi connectivity index (χ2n) is 31.4. The first-order valence-corrected chi connectivity index (χ1v) is 47.6. The summed E-state index contributed by atoms with van der Waals surface area (Å²) in [6, 6.07) is 0. The lowest BCUT2D eigenvalue weighted by Crippen LogP contribution is -2.30. The second-order valence-corrected chi connectivity index (χ2v) is 34.3. The van der Waals surface area contributed by atoms with Crippen molar-refractivity contribution < 1.29 is 80.2 Å². The molecule has 0 saturated carbocycles. The molecule has 0 rings (SSSR count). The molecular weight excluding hydrogens is 1370 g/mol. The molecule has 624 valence electrons. The Balaban J connectivity index is 5.24. The summed E-state index contributed by atoms with van der Waals surface area (Å²) in [5, 5.41) is 10.7. The fourth-order valence-electron chi connectivity index (χ4n) is 13.5. The maximum absolute atomic E-state index is 13.1. The number of aliphatic hydroxyl groups is 1. The summed E-state index contributed by atoms with van der Waals surface area (Å²) in [5.41, 5.74) is 0. The van der Waals surface area contributed by atoms with E-state index in [0.717, 1.165) is 95.8 Å². The largest absolute Gasteiger partial charge is 0.472 e. The SMILES string of the molecule is CCCCCCCCCCCCCCCCCCCCCCC(=O)O[C@H](COC(=O)CCCCCCCCCCCCCCCCCCCC)COP(=O)(O)OC[C@@H](O)COP(=O)(O)OC[C@@H](COC(=O)CCCCCCCCCCC(C)C)OC(=O)CCCCCCCCCCCCCCCCCC. The summed E-state index contributed by atoms with van der Waals surface area (Å²) in [6.45, 7) is 7.33. The zero-order chi connectivity index (χ0) is 76.9. The molecule has 0 amide bonds. The van der Waals surface area contributed by atoms with E-state index in [1.807, 2.05) is 0 Å². The molecule has 0 aromatic heterocycles. The molecule has 0 saturated heterocycles. The van der Waals surface area contributed by atoms with Crippen molar-refractivity contribution in [1.29, 1.82) is 0 Å². The Morgan fingerprint density at radius 3 is 0.648 bits per heavy atom. The van der Waals surface area contributed by atoms with Gasteiger partial charge in [-0.25, -0.2) is 9.13 Å². The molecule has 0 bridgehead atoms. The van der Waals surface area contributed by atoms with Crippen molar-refractivity contribution in [1.82, 2.24) is 0 Å². The topological polar surface area (TPSA) is 237 Å². The Bertz CT molecular complexity index is 2000. The molecule has 0 aromatic carbocycles. The van der Waals surface area contributed by atoms with Crippen LogP contribution in [0.4, 0.5) is 0 Å². The van der Waals surface area contributed by atoms with Gasteiger partial charge in [0.1, 0.15) is 19.3 Å². The highest BCUT2D eigenvalue weighted by Gasteiger charge is 2.30. The average Bonchev–Trinajstić information content (AvgIpc) is 0.912. The summed E-state index contributed by atoms with van der Waals surface area (Å²) >= 11 is 0. The number of unbranched alkanes of at least 4 members (excludes halogenated alkanes) is 58. The molecule has 17 nitrogen and oxygen atoms in total. The highest BCUT2D eigenvalue weighted by Crippen LogP contribution is 2.45. The number of esters is 4. The van der Waals surface area contributed by atoms with Crippen LogP contribution in [0.1, 0.15) is 465 Å². The van der Waals surface area contributed by atoms with E-state index in [9.17, 15) is 43.2 Å². The van der Waals surface area contributed by atoms with Gasteiger partial charge in [0.2, 0.25) is 0 Å². The number of hydrogen-bond donors (Lipinski definition) is 3. The van der Waals surface area contributed by atoms with Gasteiger partial charge in [-0.15, -0.1) is 0 Å². The quantitative estimate of drug-likeness (QED) is 0.0222. The van der Waals surface area contributed by atoms with Crippen molar-refractivity contribution in [2.75, 3.05) is 39.6 Å². The molecule has 105 heavy (non-hydrogen) atoms. The molecule has 19 heteroatoms. The lowest BCUT2D eigenvalue weighted by atomic mass is 10.0. The number of carbonyl (C=O) groups excluding carboxylic acids is 4. The van der Waals surface area contributed by atoms with Crippen LogP contribution in [0.25, 0.3) is 0 Å². The third kappa shape index (κ3) is 79.9. The van der Waals surface area contributed by atoms with Crippen molar-refractivity contribution >= 4 is 39.5 Å². The summed E-state index contributed by atoms with van der Waals surface area (Å²) in [5.74, 6) is -1.37. The molecule has 0 aliphatic heterocycles. The first-order valence-electron chi connectivity index (χ1n) is 44.6. The zero-order valence-corrected chi connectivity index (χ0v) is 70.7. The van der Waals surface area contributed by atoms with Gasteiger partial charge in [-0.2, -0.15) is 0 Å². The Labute approximate surface area is 645 Å². The third-order valence-electron chi connectivity index (χ3n) is 20.3. The van der Waals surface area contributed by atoms with Gasteiger partial charge in [-0.1, -0.05) is 413 Å². The van der Waals surface area contributed by atoms with Crippen LogP contribution in [0.3, 0.4) is 0 Å². The molecule has 0 fully saturated rings. The van der Waals surface area contributed by atoms with E-state index >= 15 is 0 Å². The Morgan fingerprint density at radius 1 is 0.257 bits per heavy atom. The van der Waals surface area contributed by atoms with Crippen LogP contribution in [0.5, 0.6) is 0 Å². The number of rotatable bonds is 86. The Kier molecular flexibility index (Phi) is 77.3. The van der Waals surface area contributed by atoms with Gasteiger partial charge < -0.3 is 33.8 Å². The van der Waals surface area contributed by atoms with Crippen molar-refractivity contribution in [3.63, 3.8) is 0 Å². The molecule has 3 N–H and O–H groups in total. The minimum atomic E-state index is -4.97. The minimum Gasteiger partial charge on any atom is -0.462 e. The second kappa shape index (κ2) is 78.7. The molecule has 0 heterocycles. The molecule has 5 atom stereocenters. The number of phosphoric ester groups is 2. The van der Waals surface area contributed by atoms with Gasteiger partial charge >= 0.3 is 39.5 Å². The maximum Gasteiger partial charge on any atom is 0.472 e. The monoisotopic (exact) mass is 1540 g/mol. The van der Waals surface area contributed by atoms with Gasteiger partial charge in [0.25, 0.3) is 0 Å². The molecular formula is C86H168O17P2. The normalized spacial score (nSPS) is 13.8. The highest BCUT2D eigenvalue weighted by molar-refractivity contribution is 7.47. The van der Waals surface area contributed by atoms with Crippen LogP contribution in [0.2, 0.25) is 0 Å². The van der Waals surface area contributed by atoms with Gasteiger partial charge in [-0.3, -0.25) is 37.3 Å². The van der Waals surface area contributed by atoms with Crippen LogP contribution >= 0.6 is 15.6 Å². The fourth-order valence-corrected chi connectivity index (χ4v) is 15.1. The number of hydrogen-bond acceptors (Lipinski definition) is 15. The van der Waals surface area contributed by atoms with E-state index in [-0.39, 0.29) is 25.7 Å². The predicted molar refractivity (Wildman–Crippen MR) is 432 cm³/mol. The van der Waals surface area contributed by atoms with Gasteiger partial charge in [-0.05, 0) is 31.6 Å². The van der Waals surface area contributed by atoms with Gasteiger partial charge in [0.15, 0.2) is 12.2 Å². The van der Waals surface area contributed by atoms with E-state index < -0.39 is 97.5 Å². The Hall–Kier alpha value is -1.94. The van der Waals surface area contributed by atoms with E-state index in [1.54, 1.807) is 0 Å². The van der Waals surface area contributed by atoms with Crippen LogP contribution in [0.15, 0.2) is 0 Å². The van der Waals surface area contributed by atoms with Crippen LogP contribution in [0, 0.1) is 5.92 Å². The lowest BCUT2D eigenvalue weighted by Gasteiger charge is -2.21. The highest BCUT2D eigenvalue weighted by atomic mass is 31.2. The molecule has 2 unspecified atom stereocenters. The standard InChI is InChI=1S/C86H168O17P2/c1-6-9-12-15-18-21-24-27-30-33-35-36-38-41-44-47-50-57-62-67-72-85(90)102-81(75-96-83(88)69-64-59-54-48-45-42-40-37-34-31-28-25-22-19-16-13-10-7-2)77-100-104(92,93)98-73-80(87)74-99-105(94,95)101-78-82(76-97-84(89)70-65-60-55-52-51-53-58-63-68-79(4)5)103-86(91)71-66-61-56-49-46-43-39-32-29-26-23-20-17-14-11-8-3/h79-82,87H,6-78H2,1-5H3,(H,92,93)(H,94,95)/t80-,81-,82-/m1/s1. The van der Waals surface area contributed by atoms with Crippen LogP contribution in [-0.4, -0.2) is 96.7 Å². The van der Waals surface area contributed by atoms with E-state index in [1.165, 1.54) is 289 Å². The molecule has 0 radical (unpaired) electrons. The minimum absolute atomic E-state index is 0.108. The summed E-state index contributed by atoms with van der Waals surface area (Å²) in [4.78, 5) is 73.2. The first kappa shape index (κ1) is 103. The Morgan fingerprint density at radius 2 is 0.438 bits per heavy atom. The molecule has 0 aliphatic carbocycles. The van der Waals surface area contributed by atoms with Crippen LogP contribution in [-0.2, 0) is 65.4 Å². The summed E-state index contributed by atoms with van der Waals surface area (Å²) in [7, 11) is -9.93. The lowest BCUT2D eigenvalue weighted by molar-refractivity contribution is -0.161. The first-order chi connectivity index (χ1) is 51.0. The fraction of sp³-hybridized carbons (Fsp3) is 0.953. The smallest absolute Gasteiger partial charge is 0.462 e. The number of carbonyl (C=O) groups is 4. The van der Waals surface area contributed by atoms with Crippen molar-refractivity contribution in [2.45, 2.75) is 483 Å². The van der Waals surface area contributed by atoms with Crippen molar-refractivity contribution in [3.05, 3.63) is 0 Å². The average molecular weight is 1540 g/mol. The number of aliphatic hydroxyl groups excluding tert-OH is 1. The summed E-state index contributed by atoms with van der Waals surface area (Å²) in [6.07, 6.45) is 72.3. The predicted octanol–water partition coefficient (Wildman–Crippen LogP) is 26.4. The maximum atomic E-state index is 13.1. The van der Waals surface area contributed by atoms with E-state index in [4.69, 9.17) is 37.0 Å². The zero-order valence-electron chi connectivity index (χ0n) is 68.9.